The summed E-state index contributed by atoms with van der Waals surface area (Å²) in [7, 11) is 0. The Morgan fingerprint density at radius 2 is 2.23 bits per heavy atom. The lowest BCUT2D eigenvalue weighted by Crippen LogP contribution is -2.41. The lowest BCUT2D eigenvalue weighted by atomic mass is 10.1. The lowest BCUT2D eigenvalue weighted by molar-refractivity contribution is -0.212. The van der Waals surface area contributed by atoms with Crippen LogP contribution in [0.3, 0.4) is 0 Å². The van der Waals surface area contributed by atoms with Crippen molar-refractivity contribution in [3.63, 3.8) is 0 Å². The van der Waals surface area contributed by atoms with Crippen LogP contribution in [0, 0.1) is 0 Å². The van der Waals surface area contributed by atoms with E-state index in [4.69, 9.17) is 9.84 Å². The molecule has 1 rings (SSSR count). The predicted octanol–water partition coefficient (Wildman–Crippen LogP) is -0.592. The summed E-state index contributed by atoms with van der Waals surface area (Å²) >= 11 is 0. The van der Waals surface area contributed by atoms with Crippen molar-refractivity contribution in [2.24, 2.45) is 0 Å². The van der Waals surface area contributed by atoms with E-state index in [1.165, 1.54) is 6.92 Å². The monoisotopic (exact) mass is 190 g/mol. The van der Waals surface area contributed by atoms with E-state index in [0.717, 1.165) is 0 Å². The molecule has 13 heavy (non-hydrogen) atoms. The Bertz CT molecular complexity index is 181. The molecule has 0 aromatic carbocycles. The molecule has 1 fully saturated rings. The largest absolute Gasteiger partial charge is 0.463 e. The molecule has 0 bridgehead atoms. The van der Waals surface area contributed by atoms with Gasteiger partial charge in [0.15, 0.2) is 6.29 Å². The molecule has 1 saturated heterocycles. The molecule has 0 radical (unpaired) electrons. The Hall–Kier alpha value is -0.650. The second-order valence-electron chi connectivity index (χ2n) is 3.08. The van der Waals surface area contributed by atoms with Gasteiger partial charge in [0.2, 0.25) is 0 Å². The molecule has 3 atom stereocenters. The van der Waals surface area contributed by atoms with Crippen molar-refractivity contribution in [3.05, 3.63) is 0 Å². The van der Waals surface area contributed by atoms with Gasteiger partial charge in [-0.3, -0.25) is 4.79 Å². The maximum atomic E-state index is 10.5. The summed E-state index contributed by atoms with van der Waals surface area (Å²) in [5, 5.41) is 18.5. The highest BCUT2D eigenvalue weighted by atomic mass is 16.6. The van der Waals surface area contributed by atoms with Crippen LogP contribution in [0.2, 0.25) is 0 Å². The molecule has 1 heterocycles. The number of hydrogen-bond donors (Lipinski definition) is 2. The van der Waals surface area contributed by atoms with Gasteiger partial charge >= 0.3 is 5.97 Å². The molecule has 2 N–H and O–H groups in total. The number of rotatable bonds is 2. The first kappa shape index (κ1) is 10.4. The topological polar surface area (TPSA) is 76.0 Å². The highest BCUT2D eigenvalue weighted by Crippen LogP contribution is 2.18. The molecular formula is C8H14O5. The maximum Gasteiger partial charge on any atom is 0.302 e. The van der Waals surface area contributed by atoms with Crippen LogP contribution in [0.1, 0.15) is 19.8 Å². The zero-order valence-electron chi connectivity index (χ0n) is 7.47. The number of ether oxygens (including phenoxy) is 2. The van der Waals surface area contributed by atoms with Crippen molar-refractivity contribution >= 4 is 5.97 Å². The molecule has 0 saturated carbocycles. The average Bonchev–Trinajstić information content (AvgIpc) is 2.06. The van der Waals surface area contributed by atoms with Gasteiger partial charge in [-0.2, -0.15) is 0 Å². The first-order valence-electron chi connectivity index (χ1n) is 4.24. The number of aliphatic hydroxyl groups excluding tert-OH is 2. The van der Waals surface area contributed by atoms with E-state index in [-0.39, 0.29) is 6.61 Å². The summed E-state index contributed by atoms with van der Waals surface area (Å²) in [6, 6.07) is 0. The summed E-state index contributed by atoms with van der Waals surface area (Å²) in [6.07, 6.45) is -1.25. The van der Waals surface area contributed by atoms with Gasteiger partial charge in [-0.05, 0) is 6.42 Å². The van der Waals surface area contributed by atoms with Crippen molar-refractivity contribution in [2.45, 2.75) is 38.3 Å². The van der Waals surface area contributed by atoms with Crippen molar-refractivity contribution in [2.75, 3.05) is 6.61 Å². The fourth-order valence-electron chi connectivity index (χ4n) is 1.21. The zero-order valence-corrected chi connectivity index (χ0v) is 7.47. The van der Waals surface area contributed by atoms with Gasteiger partial charge in [0.1, 0.15) is 12.7 Å². The Kier molecular flexibility index (Phi) is 3.65. The molecule has 0 spiro atoms. The number of carbonyl (C=O) groups is 1. The van der Waals surface area contributed by atoms with Crippen molar-refractivity contribution in [1.29, 1.82) is 0 Å². The van der Waals surface area contributed by atoms with Crippen LogP contribution in [0.4, 0.5) is 0 Å². The van der Waals surface area contributed by atoms with Crippen LogP contribution in [-0.4, -0.2) is 41.3 Å². The van der Waals surface area contributed by atoms with Crippen molar-refractivity contribution in [3.8, 4) is 0 Å². The van der Waals surface area contributed by atoms with Crippen LogP contribution in [-0.2, 0) is 14.3 Å². The smallest absolute Gasteiger partial charge is 0.302 e. The Labute approximate surface area is 76.3 Å². The number of hydrogen-bond acceptors (Lipinski definition) is 5. The molecule has 1 unspecified atom stereocenters. The van der Waals surface area contributed by atoms with Gasteiger partial charge < -0.3 is 19.7 Å². The van der Waals surface area contributed by atoms with E-state index in [9.17, 15) is 9.90 Å². The van der Waals surface area contributed by atoms with Gasteiger partial charge in [0, 0.05) is 13.3 Å². The third kappa shape index (κ3) is 3.30. The zero-order chi connectivity index (χ0) is 9.84. The summed E-state index contributed by atoms with van der Waals surface area (Å²) in [5.41, 5.74) is 0. The van der Waals surface area contributed by atoms with Crippen LogP contribution in [0.25, 0.3) is 0 Å². The van der Waals surface area contributed by atoms with Crippen LogP contribution >= 0.6 is 0 Å². The Balaban J connectivity index is 2.33. The lowest BCUT2D eigenvalue weighted by Gasteiger charge is -2.30. The molecule has 0 aromatic heterocycles. The van der Waals surface area contributed by atoms with E-state index < -0.39 is 24.5 Å². The Morgan fingerprint density at radius 1 is 1.54 bits per heavy atom. The third-order valence-electron chi connectivity index (χ3n) is 1.92. The molecular weight excluding hydrogens is 176 g/mol. The quantitative estimate of drug-likeness (QED) is 0.569. The second kappa shape index (κ2) is 4.55. The van der Waals surface area contributed by atoms with Gasteiger partial charge in [0.05, 0.1) is 6.10 Å². The molecule has 1 aliphatic rings. The fourth-order valence-corrected chi connectivity index (χ4v) is 1.21. The molecule has 1 aliphatic heterocycles. The normalized spacial score (nSPS) is 34.2. The Morgan fingerprint density at radius 3 is 2.85 bits per heavy atom. The summed E-state index contributed by atoms with van der Waals surface area (Å²) in [5.74, 6) is -0.420. The van der Waals surface area contributed by atoms with E-state index in [0.29, 0.717) is 12.8 Å². The molecule has 0 amide bonds. The van der Waals surface area contributed by atoms with Gasteiger partial charge in [-0.25, -0.2) is 0 Å². The van der Waals surface area contributed by atoms with Gasteiger partial charge in [-0.15, -0.1) is 0 Å². The standard InChI is InChI=1S/C8H14O5/c1-5(9)12-4-7-6(10)2-3-8(11)13-7/h6-8,10-11H,2-4H2,1H3/t6-,7+,8?/m0/s1. The van der Waals surface area contributed by atoms with E-state index in [2.05, 4.69) is 4.74 Å². The predicted molar refractivity (Wildman–Crippen MR) is 42.8 cm³/mol. The number of carbonyl (C=O) groups excluding carboxylic acids is 1. The fraction of sp³-hybridized carbons (Fsp3) is 0.875. The average molecular weight is 190 g/mol. The highest BCUT2D eigenvalue weighted by Gasteiger charge is 2.29. The van der Waals surface area contributed by atoms with E-state index in [1.807, 2.05) is 0 Å². The number of aliphatic hydroxyl groups is 2. The van der Waals surface area contributed by atoms with Crippen LogP contribution in [0.15, 0.2) is 0 Å². The first-order valence-corrected chi connectivity index (χ1v) is 4.24. The summed E-state index contributed by atoms with van der Waals surface area (Å²) in [4.78, 5) is 10.5. The van der Waals surface area contributed by atoms with E-state index in [1.54, 1.807) is 0 Å². The molecule has 76 valence electrons. The first-order chi connectivity index (χ1) is 6.09. The van der Waals surface area contributed by atoms with Crippen molar-refractivity contribution < 1.29 is 24.5 Å². The SMILES string of the molecule is CC(=O)OC[C@H]1OC(O)CC[C@@H]1O. The minimum absolute atomic E-state index is 0.00639. The minimum Gasteiger partial charge on any atom is -0.463 e. The summed E-state index contributed by atoms with van der Waals surface area (Å²) in [6.45, 7) is 1.28. The highest BCUT2D eigenvalue weighted by molar-refractivity contribution is 5.65. The molecule has 5 nitrogen and oxygen atoms in total. The third-order valence-corrected chi connectivity index (χ3v) is 1.92. The molecule has 0 aromatic rings. The number of esters is 1. The second-order valence-corrected chi connectivity index (χ2v) is 3.08. The maximum absolute atomic E-state index is 10.5. The minimum atomic E-state index is -0.857. The summed E-state index contributed by atoms with van der Waals surface area (Å²) < 4.78 is 9.64. The molecule has 0 aliphatic carbocycles. The van der Waals surface area contributed by atoms with Gasteiger partial charge in [-0.1, -0.05) is 0 Å². The van der Waals surface area contributed by atoms with Crippen molar-refractivity contribution in [1.82, 2.24) is 0 Å². The van der Waals surface area contributed by atoms with Crippen LogP contribution in [0.5, 0.6) is 0 Å². The molecule has 5 heteroatoms. The van der Waals surface area contributed by atoms with Crippen LogP contribution < -0.4 is 0 Å². The van der Waals surface area contributed by atoms with Gasteiger partial charge in [0.25, 0.3) is 0 Å². The van der Waals surface area contributed by atoms with E-state index >= 15 is 0 Å².